The van der Waals surface area contributed by atoms with Crippen LogP contribution in [0.1, 0.15) is 19.3 Å². The maximum atomic E-state index is 11.4. The Labute approximate surface area is 77.3 Å². The average Bonchev–Trinajstić information content (AvgIpc) is 2.76. The van der Waals surface area contributed by atoms with E-state index in [-0.39, 0.29) is 5.60 Å². The molecule has 0 N–H and O–H groups in total. The lowest BCUT2D eigenvalue weighted by Crippen LogP contribution is -2.15. The van der Waals surface area contributed by atoms with Gasteiger partial charge in [-0.25, -0.2) is 0 Å². The van der Waals surface area contributed by atoms with Gasteiger partial charge in [0.1, 0.15) is 0 Å². The molecule has 0 spiro atoms. The SMILES string of the molecule is COC12C=C3CCC(=O)C3=CC1C2. The summed E-state index contributed by atoms with van der Waals surface area (Å²) < 4.78 is 5.46. The molecule has 0 bridgehead atoms. The first-order chi connectivity index (χ1) is 6.25. The van der Waals surface area contributed by atoms with E-state index in [2.05, 4.69) is 12.2 Å². The average molecular weight is 176 g/mol. The van der Waals surface area contributed by atoms with Crippen LogP contribution in [0.25, 0.3) is 0 Å². The minimum absolute atomic E-state index is 0.0244. The monoisotopic (exact) mass is 176 g/mol. The second-order valence-electron chi connectivity index (χ2n) is 4.14. The van der Waals surface area contributed by atoms with E-state index in [1.165, 1.54) is 5.57 Å². The summed E-state index contributed by atoms with van der Waals surface area (Å²) in [5.41, 5.74) is 2.18. The number of ketones is 1. The molecule has 0 aromatic carbocycles. The molecule has 0 saturated heterocycles. The van der Waals surface area contributed by atoms with Gasteiger partial charge in [0.15, 0.2) is 5.78 Å². The first kappa shape index (κ1) is 7.51. The normalized spacial score (nSPS) is 40.7. The quantitative estimate of drug-likeness (QED) is 0.607. The third-order valence-corrected chi connectivity index (χ3v) is 3.44. The fourth-order valence-corrected chi connectivity index (χ4v) is 2.49. The van der Waals surface area contributed by atoms with Crippen molar-refractivity contribution >= 4 is 5.78 Å². The molecule has 3 aliphatic rings. The molecular formula is C11H12O2. The molecule has 13 heavy (non-hydrogen) atoms. The van der Waals surface area contributed by atoms with E-state index in [1.54, 1.807) is 7.11 Å². The molecule has 2 atom stereocenters. The highest BCUT2D eigenvalue weighted by atomic mass is 16.5. The molecule has 2 nitrogen and oxygen atoms in total. The van der Waals surface area contributed by atoms with Gasteiger partial charge in [0.05, 0.1) is 5.60 Å². The highest BCUT2D eigenvalue weighted by Crippen LogP contribution is 2.54. The predicted octanol–water partition coefficient (Wildman–Crippen LogP) is 1.62. The van der Waals surface area contributed by atoms with Gasteiger partial charge in [-0.3, -0.25) is 4.79 Å². The Hall–Kier alpha value is -0.890. The molecule has 2 saturated carbocycles. The van der Waals surface area contributed by atoms with Gasteiger partial charge in [0, 0.05) is 25.0 Å². The molecule has 0 aromatic heterocycles. The molecule has 68 valence electrons. The molecule has 3 rings (SSSR count). The molecular weight excluding hydrogens is 164 g/mol. The molecule has 0 aliphatic heterocycles. The van der Waals surface area contributed by atoms with Gasteiger partial charge >= 0.3 is 0 Å². The van der Waals surface area contributed by atoms with E-state index in [9.17, 15) is 4.79 Å². The van der Waals surface area contributed by atoms with E-state index in [0.717, 1.165) is 18.4 Å². The highest BCUT2D eigenvalue weighted by Gasteiger charge is 2.55. The first-order valence-electron chi connectivity index (χ1n) is 4.77. The Kier molecular flexibility index (Phi) is 1.23. The topological polar surface area (TPSA) is 26.3 Å². The third-order valence-electron chi connectivity index (χ3n) is 3.44. The summed E-state index contributed by atoms with van der Waals surface area (Å²) in [4.78, 5) is 11.4. The Morgan fingerprint density at radius 2 is 2.38 bits per heavy atom. The van der Waals surface area contributed by atoms with Crippen LogP contribution in [0, 0.1) is 5.92 Å². The highest BCUT2D eigenvalue weighted by molar-refractivity contribution is 6.03. The zero-order valence-electron chi connectivity index (χ0n) is 7.67. The van der Waals surface area contributed by atoms with Gasteiger partial charge in [0.25, 0.3) is 0 Å². The third kappa shape index (κ3) is 0.841. The van der Waals surface area contributed by atoms with Crippen LogP contribution < -0.4 is 0 Å². The number of carbonyl (C=O) groups is 1. The van der Waals surface area contributed by atoms with Crippen molar-refractivity contribution in [3.63, 3.8) is 0 Å². The van der Waals surface area contributed by atoms with Crippen molar-refractivity contribution < 1.29 is 9.53 Å². The minimum Gasteiger partial charge on any atom is -0.373 e. The van der Waals surface area contributed by atoms with Crippen LogP contribution in [0.2, 0.25) is 0 Å². The van der Waals surface area contributed by atoms with E-state index >= 15 is 0 Å². The fraction of sp³-hybridized carbons (Fsp3) is 0.545. The van der Waals surface area contributed by atoms with Gasteiger partial charge in [-0.2, -0.15) is 0 Å². The van der Waals surface area contributed by atoms with Crippen LogP contribution in [-0.4, -0.2) is 18.5 Å². The molecule has 2 fully saturated rings. The standard InChI is InChI=1S/C11H12O2/c1-13-11-5-7-2-3-10(12)9(7)4-8(11)6-11/h4-5,8H,2-3,6H2,1H3. The van der Waals surface area contributed by atoms with E-state index in [0.29, 0.717) is 18.1 Å². The van der Waals surface area contributed by atoms with Crippen LogP contribution in [-0.2, 0) is 9.53 Å². The Balaban J connectivity index is 2.04. The van der Waals surface area contributed by atoms with Gasteiger partial charge in [-0.05, 0) is 24.5 Å². The fourth-order valence-electron chi connectivity index (χ4n) is 2.49. The van der Waals surface area contributed by atoms with E-state index in [4.69, 9.17) is 4.74 Å². The number of hydrogen-bond donors (Lipinski definition) is 0. The summed E-state index contributed by atoms with van der Waals surface area (Å²) >= 11 is 0. The lowest BCUT2D eigenvalue weighted by molar-refractivity contribution is -0.114. The Morgan fingerprint density at radius 1 is 1.54 bits per heavy atom. The number of ether oxygens (including phenoxy) is 1. The molecule has 0 heterocycles. The molecule has 0 aromatic rings. The lowest BCUT2D eigenvalue weighted by atomic mass is 9.98. The molecule has 3 aliphatic carbocycles. The molecule has 2 heteroatoms. The number of allylic oxidation sites excluding steroid dienone is 2. The van der Waals surface area contributed by atoms with Crippen LogP contribution in [0.3, 0.4) is 0 Å². The van der Waals surface area contributed by atoms with Crippen LogP contribution >= 0.6 is 0 Å². The van der Waals surface area contributed by atoms with Gasteiger partial charge in [0.2, 0.25) is 0 Å². The van der Waals surface area contributed by atoms with Crippen LogP contribution in [0.4, 0.5) is 0 Å². The number of rotatable bonds is 1. The lowest BCUT2D eigenvalue weighted by Gasteiger charge is -2.15. The predicted molar refractivity (Wildman–Crippen MR) is 48.3 cm³/mol. The number of fused-ring (bicyclic) bond motifs is 2. The van der Waals surface area contributed by atoms with Gasteiger partial charge in [-0.15, -0.1) is 0 Å². The summed E-state index contributed by atoms with van der Waals surface area (Å²) in [6, 6.07) is 0. The number of carbonyl (C=O) groups excluding carboxylic acids is 1. The van der Waals surface area contributed by atoms with Crippen molar-refractivity contribution in [1.82, 2.24) is 0 Å². The van der Waals surface area contributed by atoms with E-state index < -0.39 is 0 Å². The summed E-state index contributed by atoms with van der Waals surface area (Å²) in [5, 5.41) is 0. The summed E-state index contributed by atoms with van der Waals surface area (Å²) in [6.07, 6.45) is 6.97. The number of hydrogen-bond acceptors (Lipinski definition) is 2. The van der Waals surface area contributed by atoms with Crippen molar-refractivity contribution in [3.8, 4) is 0 Å². The van der Waals surface area contributed by atoms with Crippen molar-refractivity contribution in [3.05, 3.63) is 23.3 Å². The maximum absolute atomic E-state index is 11.4. The Morgan fingerprint density at radius 3 is 3.15 bits per heavy atom. The molecule has 2 unspecified atom stereocenters. The smallest absolute Gasteiger partial charge is 0.163 e. The maximum Gasteiger partial charge on any atom is 0.163 e. The van der Waals surface area contributed by atoms with Gasteiger partial charge in [-0.1, -0.05) is 6.08 Å². The summed E-state index contributed by atoms with van der Waals surface area (Å²) in [6.45, 7) is 0. The first-order valence-corrected chi connectivity index (χ1v) is 4.77. The zero-order valence-corrected chi connectivity index (χ0v) is 7.67. The van der Waals surface area contributed by atoms with Crippen LogP contribution in [0.5, 0.6) is 0 Å². The summed E-state index contributed by atoms with van der Waals surface area (Å²) in [5.74, 6) is 0.793. The van der Waals surface area contributed by atoms with E-state index in [1.807, 2.05) is 0 Å². The van der Waals surface area contributed by atoms with Crippen molar-refractivity contribution in [2.45, 2.75) is 24.9 Å². The Bertz CT molecular complexity index is 351. The second-order valence-corrected chi connectivity index (χ2v) is 4.14. The zero-order chi connectivity index (χ0) is 9.05. The number of Topliss-reactive ketones (excluding diaryl/α,β-unsaturated/α-hetero) is 1. The van der Waals surface area contributed by atoms with Crippen molar-refractivity contribution in [2.75, 3.05) is 7.11 Å². The summed E-state index contributed by atoms with van der Waals surface area (Å²) in [7, 11) is 1.76. The van der Waals surface area contributed by atoms with Crippen LogP contribution in [0.15, 0.2) is 23.3 Å². The second kappa shape index (κ2) is 2.13. The largest absolute Gasteiger partial charge is 0.373 e. The number of methoxy groups -OCH3 is 1. The molecule has 0 amide bonds. The van der Waals surface area contributed by atoms with Gasteiger partial charge < -0.3 is 4.74 Å². The minimum atomic E-state index is -0.0244. The van der Waals surface area contributed by atoms with Crippen molar-refractivity contribution in [1.29, 1.82) is 0 Å². The van der Waals surface area contributed by atoms with Crippen molar-refractivity contribution in [2.24, 2.45) is 5.92 Å². The molecule has 0 radical (unpaired) electrons.